The zero-order chi connectivity index (χ0) is 50.0. The van der Waals surface area contributed by atoms with E-state index in [2.05, 4.69) is 154 Å². The monoisotopic (exact) mass is 953 g/mol. The second kappa shape index (κ2) is 56.1. The zero-order valence-corrected chi connectivity index (χ0v) is 44.3. The summed E-state index contributed by atoms with van der Waals surface area (Å²) in [5, 5.41) is 0. The summed E-state index contributed by atoms with van der Waals surface area (Å²) in [6.07, 6.45) is 78.7. The molecule has 1 unspecified atom stereocenters. The fraction of sp³-hybridized carbons (Fsp3) is 0.603. The summed E-state index contributed by atoms with van der Waals surface area (Å²) in [4.78, 5) is 38.0. The first-order valence-electron chi connectivity index (χ1n) is 27.7. The van der Waals surface area contributed by atoms with Crippen molar-refractivity contribution in [2.75, 3.05) is 13.2 Å². The molecule has 6 nitrogen and oxygen atoms in total. The summed E-state index contributed by atoms with van der Waals surface area (Å²) < 4.78 is 16.8. The van der Waals surface area contributed by atoms with Crippen LogP contribution >= 0.6 is 0 Å². The molecule has 0 fully saturated rings. The summed E-state index contributed by atoms with van der Waals surface area (Å²) in [5.74, 6) is -1.00. The van der Waals surface area contributed by atoms with Crippen LogP contribution in [0.2, 0.25) is 0 Å². The highest BCUT2D eigenvalue weighted by molar-refractivity contribution is 5.71. The van der Waals surface area contributed by atoms with Gasteiger partial charge < -0.3 is 14.2 Å². The summed E-state index contributed by atoms with van der Waals surface area (Å²) in [6.45, 7) is 6.32. The molecule has 0 N–H and O–H groups in total. The van der Waals surface area contributed by atoms with Crippen molar-refractivity contribution < 1.29 is 28.6 Å². The second-order valence-corrected chi connectivity index (χ2v) is 17.7. The van der Waals surface area contributed by atoms with Gasteiger partial charge in [-0.1, -0.05) is 231 Å². The molecule has 0 radical (unpaired) electrons. The maximum atomic E-state index is 12.8. The highest BCUT2D eigenvalue weighted by atomic mass is 16.6. The second-order valence-electron chi connectivity index (χ2n) is 17.7. The van der Waals surface area contributed by atoms with Crippen LogP contribution in [-0.2, 0) is 28.6 Å². The van der Waals surface area contributed by atoms with Gasteiger partial charge in [-0.25, -0.2) is 0 Å². The van der Waals surface area contributed by atoms with Crippen molar-refractivity contribution in [1.82, 2.24) is 0 Å². The van der Waals surface area contributed by atoms with Crippen molar-refractivity contribution in [3.05, 3.63) is 134 Å². The number of allylic oxidation sites excluding steroid dienone is 22. The summed E-state index contributed by atoms with van der Waals surface area (Å²) in [6, 6.07) is 0. The van der Waals surface area contributed by atoms with E-state index in [9.17, 15) is 14.4 Å². The van der Waals surface area contributed by atoms with Crippen LogP contribution in [0.1, 0.15) is 226 Å². The van der Waals surface area contributed by atoms with E-state index >= 15 is 0 Å². The summed E-state index contributed by atoms with van der Waals surface area (Å²) >= 11 is 0. The van der Waals surface area contributed by atoms with Crippen LogP contribution in [0.4, 0.5) is 0 Å². The summed E-state index contributed by atoms with van der Waals surface area (Å²) in [5.41, 5.74) is 0. The standard InChI is InChI=1S/C63H100O6/c1-4-7-10-13-16-19-22-24-26-28-29-30-31-32-33-35-36-38-41-44-47-50-53-56-62(65)68-59-60(58-67-61(64)55-52-49-46-43-40-21-18-15-12-9-6-3)69-63(66)57-54-51-48-45-42-39-37-34-27-25-23-20-17-14-11-8-5-2/h7-8,10-11,16-17,19-20,24-27,29-30,32-33,36-39,44,47,60H,4-6,9,12-15,18,21-23,28,31,34-35,40-43,45-46,48-59H2,1-3H3/b10-7-,11-8-,19-16-,20-17-,26-24-,27-25-,30-29-,33-32-,38-36-,39-37-,47-44-. The third kappa shape index (κ3) is 54.4. The van der Waals surface area contributed by atoms with Gasteiger partial charge in [0.2, 0.25) is 0 Å². The first-order chi connectivity index (χ1) is 34.0. The van der Waals surface area contributed by atoms with Crippen molar-refractivity contribution >= 4 is 17.9 Å². The quantitative estimate of drug-likeness (QED) is 0.0262. The van der Waals surface area contributed by atoms with Gasteiger partial charge in [0.1, 0.15) is 13.2 Å². The van der Waals surface area contributed by atoms with Crippen LogP contribution in [0.15, 0.2) is 134 Å². The molecule has 0 aromatic carbocycles. The number of hydrogen-bond donors (Lipinski definition) is 0. The van der Waals surface area contributed by atoms with E-state index in [0.717, 1.165) is 128 Å². The molecule has 0 aliphatic carbocycles. The zero-order valence-electron chi connectivity index (χ0n) is 44.3. The minimum atomic E-state index is -0.817. The Morgan fingerprint density at radius 2 is 0.580 bits per heavy atom. The Morgan fingerprint density at radius 1 is 0.304 bits per heavy atom. The number of esters is 3. The third-order valence-corrected chi connectivity index (χ3v) is 11.2. The molecule has 0 amide bonds. The van der Waals surface area contributed by atoms with Crippen molar-refractivity contribution in [1.29, 1.82) is 0 Å². The van der Waals surface area contributed by atoms with Crippen LogP contribution in [0, 0.1) is 0 Å². The first-order valence-corrected chi connectivity index (χ1v) is 27.7. The molecule has 0 heterocycles. The molecule has 0 saturated carbocycles. The van der Waals surface area contributed by atoms with Crippen LogP contribution < -0.4 is 0 Å². The number of hydrogen-bond acceptors (Lipinski definition) is 6. The number of unbranched alkanes of at least 4 members (excludes halogenated alkanes) is 15. The number of ether oxygens (including phenoxy) is 3. The normalized spacial score (nSPS) is 13.1. The molecular formula is C63H100O6. The number of carbonyl (C=O) groups excluding carboxylic acids is 3. The van der Waals surface area contributed by atoms with Gasteiger partial charge in [-0.15, -0.1) is 0 Å². The summed E-state index contributed by atoms with van der Waals surface area (Å²) in [7, 11) is 0. The Hall–Kier alpha value is -4.45. The van der Waals surface area contributed by atoms with Crippen LogP contribution in [0.5, 0.6) is 0 Å². The maximum absolute atomic E-state index is 12.8. The van der Waals surface area contributed by atoms with E-state index in [4.69, 9.17) is 14.2 Å². The van der Waals surface area contributed by atoms with Crippen molar-refractivity contribution in [2.24, 2.45) is 0 Å². The minimum absolute atomic E-state index is 0.109. The molecule has 6 heteroatoms. The van der Waals surface area contributed by atoms with E-state index in [-0.39, 0.29) is 44.0 Å². The molecule has 0 saturated heterocycles. The maximum Gasteiger partial charge on any atom is 0.306 e. The first kappa shape index (κ1) is 64.5. The van der Waals surface area contributed by atoms with Gasteiger partial charge in [-0.3, -0.25) is 14.4 Å². The molecule has 388 valence electrons. The topological polar surface area (TPSA) is 78.9 Å². The Labute approximate surface area is 424 Å². The molecule has 1 atom stereocenters. The van der Waals surface area contributed by atoms with E-state index < -0.39 is 6.10 Å². The Kier molecular flexibility index (Phi) is 52.5. The van der Waals surface area contributed by atoms with Gasteiger partial charge in [0.15, 0.2) is 6.10 Å². The molecule has 0 aliphatic heterocycles. The van der Waals surface area contributed by atoms with Gasteiger partial charge in [0.25, 0.3) is 0 Å². The van der Waals surface area contributed by atoms with E-state index in [0.29, 0.717) is 12.8 Å². The van der Waals surface area contributed by atoms with Crippen molar-refractivity contribution in [3.63, 3.8) is 0 Å². The van der Waals surface area contributed by atoms with Gasteiger partial charge >= 0.3 is 17.9 Å². The van der Waals surface area contributed by atoms with Crippen molar-refractivity contribution in [3.8, 4) is 0 Å². The van der Waals surface area contributed by atoms with E-state index in [1.165, 1.54) is 51.4 Å². The van der Waals surface area contributed by atoms with Gasteiger partial charge in [0, 0.05) is 19.3 Å². The molecule has 0 spiro atoms. The van der Waals surface area contributed by atoms with Gasteiger partial charge in [-0.2, -0.15) is 0 Å². The van der Waals surface area contributed by atoms with Crippen LogP contribution in [0.25, 0.3) is 0 Å². The molecule has 0 aromatic heterocycles. The predicted octanol–water partition coefficient (Wildman–Crippen LogP) is 18.6. The molecule has 0 aromatic rings. The predicted molar refractivity (Wildman–Crippen MR) is 297 cm³/mol. The molecule has 69 heavy (non-hydrogen) atoms. The van der Waals surface area contributed by atoms with E-state index in [1.807, 2.05) is 0 Å². The van der Waals surface area contributed by atoms with Crippen LogP contribution in [-0.4, -0.2) is 37.2 Å². The Bertz CT molecular complexity index is 1510. The Balaban J connectivity index is 4.51. The van der Waals surface area contributed by atoms with Crippen molar-refractivity contribution in [2.45, 2.75) is 232 Å². The number of rotatable bonds is 48. The Morgan fingerprint density at radius 3 is 0.942 bits per heavy atom. The number of carbonyl (C=O) groups is 3. The third-order valence-electron chi connectivity index (χ3n) is 11.2. The molecule has 0 bridgehead atoms. The lowest BCUT2D eigenvalue weighted by Gasteiger charge is -2.18. The molecular weight excluding hydrogens is 853 g/mol. The average Bonchev–Trinajstić information content (AvgIpc) is 3.35. The van der Waals surface area contributed by atoms with Gasteiger partial charge in [0.05, 0.1) is 0 Å². The average molecular weight is 953 g/mol. The largest absolute Gasteiger partial charge is 0.462 e. The SMILES string of the molecule is CC/C=C\C/C=C\C/C=C\C/C=C\C/C=C\C/C=C\C/C=C\CCCC(=O)OCC(COC(=O)CCCCCCCCCCCCC)OC(=O)CCCCCC/C=C\C/C=C\C/C=C\C/C=C\CC. The highest BCUT2D eigenvalue weighted by Gasteiger charge is 2.19. The van der Waals surface area contributed by atoms with Crippen LogP contribution in [0.3, 0.4) is 0 Å². The fourth-order valence-corrected chi connectivity index (χ4v) is 7.07. The van der Waals surface area contributed by atoms with E-state index in [1.54, 1.807) is 0 Å². The molecule has 0 rings (SSSR count). The lowest BCUT2D eigenvalue weighted by atomic mass is 10.1. The fourth-order valence-electron chi connectivity index (χ4n) is 7.07. The smallest absolute Gasteiger partial charge is 0.306 e. The lowest BCUT2D eigenvalue weighted by Crippen LogP contribution is -2.30. The highest BCUT2D eigenvalue weighted by Crippen LogP contribution is 2.14. The lowest BCUT2D eigenvalue weighted by molar-refractivity contribution is -0.167. The molecule has 0 aliphatic rings. The minimum Gasteiger partial charge on any atom is -0.462 e. The van der Waals surface area contributed by atoms with Gasteiger partial charge in [-0.05, 0) is 109 Å².